The van der Waals surface area contributed by atoms with Crippen molar-refractivity contribution in [3.63, 3.8) is 0 Å². The third kappa shape index (κ3) is 3.32. The minimum absolute atomic E-state index is 0.0210. The van der Waals surface area contributed by atoms with Crippen molar-refractivity contribution in [2.45, 2.75) is 40.2 Å². The lowest BCUT2D eigenvalue weighted by molar-refractivity contribution is -0.133. The number of carbonyl (C=O) groups excluding carboxylic acids is 2. The van der Waals surface area contributed by atoms with E-state index in [1.165, 1.54) is 13.8 Å². The predicted molar refractivity (Wildman–Crippen MR) is 64.9 cm³/mol. The summed E-state index contributed by atoms with van der Waals surface area (Å²) in [5.74, 6) is -1.86. The van der Waals surface area contributed by atoms with Crippen molar-refractivity contribution in [3.05, 3.63) is 11.1 Å². The molecule has 0 saturated heterocycles. The van der Waals surface area contributed by atoms with Crippen LogP contribution in [0.5, 0.6) is 0 Å². The van der Waals surface area contributed by atoms with Crippen molar-refractivity contribution >= 4 is 17.9 Å². The SMILES string of the molecule is C/C(C(=O)O)=C(\C)C(=O)NC(=O)NC1CC1(C)C. The molecule has 1 aliphatic rings. The number of carboxylic acids is 1. The molecule has 0 radical (unpaired) electrons. The number of amides is 3. The van der Waals surface area contributed by atoms with E-state index >= 15 is 0 Å². The Morgan fingerprint density at radius 1 is 1.17 bits per heavy atom. The highest BCUT2D eigenvalue weighted by Crippen LogP contribution is 2.44. The molecule has 0 aromatic carbocycles. The summed E-state index contributed by atoms with van der Waals surface area (Å²) in [5, 5.41) is 13.5. The first-order valence-corrected chi connectivity index (χ1v) is 5.68. The van der Waals surface area contributed by atoms with E-state index in [1.54, 1.807) is 0 Å². The molecule has 1 atom stereocenters. The van der Waals surface area contributed by atoms with Crippen molar-refractivity contribution in [2.75, 3.05) is 0 Å². The number of urea groups is 1. The summed E-state index contributed by atoms with van der Waals surface area (Å²) in [6.07, 6.45) is 0.873. The third-order valence-corrected chi connectivity index (χ3v) is 3.27. The number of nitrogens with one attached hydrogen (secondary N) is 2. The van der Waals surface area contributed by atoms with Gasteiger partial charge in [-0.25, -0.2) is 9.59 Å². The van der Waals surface area contributed by atoms with Crippen LogP contribution in [0.25, 0.3) is 0 Å². The van der Waals surface area contributed by atoms with Gasteiger partial charge in [0.25, 0.3) is 5.91 Å². The minimum atomic E-state index is -1.17. The van der Waals surface area contributed by atoms with Crippen molar-refractivity contribution in [1.29, 1.82) is 0 Å². The smallest absolute Gasteiger partial charge is 0.331 e. The number of hydrogen-bond donors (Lipinski definition) is 3. The molecule has 1 rings (SSSR count). The average Bonchev–Trinajstić information content (AvgIpc) is 2.82. The number of rotatable bonds is 3. The third-order valence-electron chi connectivity index (χ3n) is 3.27. The Morgan fingerprint density at radius 3 is 2.06 bits per heavy atom. The van der Waals surface area contributed by atoms with Crippen LogP contribution in [-0.2, 0) is 9.59 Å². The molecule has 0 heterocycles. The predicted octanol–water partition coefficient (Wildman–Crippen LogP) is 1.03. The van der Waals surface area contributed by atoms with E-state index in [0.717, 1.165) is 6.42 Å². The molecule has 6 nitrogen and oxygen atoms in total. The topological polar surface area (TPSA) is 95.5 Å². The molecule has 0 aliphatic heterocycles. The summed E-state index contributed by atoms with van der Waals surface area (Å²) < 4.78 is 0. The van der Waals surface area contributed by atoms with E-state index < -0.39 is 17.9 Å². The second-order valence-corrected chi connectivity index (χ2v) is 5.23. The first-order valence-electron chi connectivity index (χ1n) is 5.68. The summed E-state index contributed by atoms with van der Waals surface area (Å²) >= 11 is 0. The van der Waals surface area contributed by atoms with Crippen LogP contribution in [0.2, 0.25) is 0 Å². The fourth-order valence-electron chi connectivity index (χ4n) is 1.44. The van der Waals surface area contributed by atoms with Gasteiger partial charge in [0.15, 0.2) is 0 Å². The van der Waals surface area contributed by atoms with Crippen LogP contribution in [0.4, 0.5) is 4.79 Å². The number of carboxylic acid groups (broad SMARTS) is 1. The summed E-state index contributed by atoms with van der Waals surface area (Å²) in [7, 11) is 0. The molecule has 0 aromatic heterocycles. The van der Waals surface area contributed by atoms with Gasteiger partial charge >= 0.3 is 12.0 Å². The molecule has 1 saturated carbocycles. The molecule has 0 aromatic rings. The second kappa shape index (κ2) is 4.80. The van der Waals surface area contributed by atoms with E-state index in [0.29, 0.717) is 0 Å². The Labute approximate surface area is 105 Å². The lowest BCUT2D eigenvalue weighted by atomic mass is 10.1. The van der Waals surface area contributed by atoms with E-state index in [-0.39, 0.29) is 22.6 Å². The maximum Gasteiger partial charge on any atom is 0.331 e. The fraction of sp³-hybridized carbons (Fsp3) is 0.583. The van der Waals surface area contributed by atoms with Crippen molar-refractivity contribution in [2.24, 2.45) is 5.41 Å². The molecule has 1 aliphatic carbocycles. The average molecular weight is 254 g/mol. The minimum Gasteiger partial charge on any atom is -0.478 e. The Kier molecular flexibility index (Phi) is 3.79. The van der Waals surface area contributed by atoms with Gasteiger partial charge in [-0.2, -0.15) is 0 Å². The van der Waals surface area contributed by atoms with Gasteiger partial charge in [0.2, 0.25) is 0 Å². The molecule has 3 amide bonds. The van der Waals surface area contributed by atoms with Gasteiger partial charge in [-0.1, -0.05) is 13.8 Å². The van der Waals surface area contributed by atoms with Gasteiger partial charge in [0, 0.05) is 17.2 Å². The molecule has 100 valence electrons. The van der Waals surface area contributed by atoms with Crippen LogP contribution in [0.15, 0.2) is 11.1 Å². The van der Waals surface area contributed by atoms with Crippen molar-refractivity contribution < 1.29 is 19.5 Å². The lowest BCUT2D eigenvalue weighted by Crippen LogP contribution is -2.42. The summed E-state index contributed by atoms with van der Waals surface area (Å²) in [5.41, 5.74) is 0.0159. The molecule has 0 spiro atoms. The normalized spacial score (nSPS) is 21.7. The molecule has 3 N–H and O–H groups in total. The van der Waals surface area contributed by atoms with Gasteiger partial charge in [-0.15, -0.1) is 0 Å². The maximum atomic E-state index is 11.6. The zero-order valence-corrected chi connectivity index (χ0v) is 11.0. The Bertz CT molecular complexity index is 437. The van der Waals surface area contributed by atoms with Crippen LogP contribution in [0.1, 0.15) is 34.1 Å². The van der Waals surface area contributed by atoms with E-state index in [1.807, 2.05) is 13.8 Å². The zero-order valence-electron chi connectivity index (χ0n) is 11.0. The molecular weight excluding hydrogens is 236 g/mol. The highest BCUT2D eigenvalue weighted by atomic mass is 16.4. The van der Waals surface area contributed by atoms with Gasteiger partial charge in [0.1, 0.15) is 0 Å². The van der Waals surface area contributed by atoms with Gasteiger partial charge in [-0.3, -0.25) is 10.1 Å². The van der Waals surface area contributed by atoms with Crippen LogP contribution in [0.3, 0.4) is 0 Å². The summed E-state index contributed by atoms with van der Waals surface area (Å²) in [6, 6.07) is -0.525. The van der Waals surface area contributed by atoms with E-state index in [4.69, 9.17) is 5.11 Å². The van der Waals surface area contributed by atoms with Crippen LogP contribution >= 0.6 is 0 Å². The quantitative estimate of drug-likeness (QED) is 0.655. The van der Waals surface area contributed by atoms with Crippen LogP contribution in [-0.4, -0.2) is 29.1 Å². The van der Waals surface area contributed by atoms with E-state index in [9.17, 15) is 14.4 Å². The fourth-order valence-corrected chi connectivity index (χ4v) is 1.44. The number of imide groups is 1. The second-order valence-electron chi connectivity index (χ2n) is 5.23. The largest absolute Gasteiger partial charge is 0.478 e. The first-order chi connectivity index (χ1) is 8.15. The summed E-state index contributed by atoms with van der Waals surface area (Å²) in [6.45, 7) is 6.71. The highest BCUT2D eigenvalue weighted by Gasteiger charge is 2.46. The number of hydrogen-bond acceptors (Lipinski definition) is 3. The molecular formula is C12H18N2O4. The lowest BCUT2D eigenvalue weighted by Gasteiger charge is -2.09. The number of aliphatic carboxylic acids is 1. The molecule has 6 heteroatoms. The van der Waals surface area contributed by atoms with E-state index in [2.05, 4.69) is 10.6 Å². The molecule has 1 unspecified atom stereocenters. The van der Waals surface area contributed by atoms with Crippen LogP contribution in [0, 0.1) is 5.41 Å². The summed E-state index contributed by atoms with van der Waals surface area (Å²) in [4.78, 5) is 33.7. The Balaban J connectivity index is 2.53. The Morgan fingerprint density at radius 2 is 1.67 bits per heavy atom. The Hall–Kier alpha value is -1.85. The van der Waals surface area contributed by atoms with Crippen molar-refractivity contribution in [1.82, 2.24) is 10.6 Å². The number of carbonyl (C=O) groups is 3. The van der Waals surface area contributed by atoms with Gasteiger partial charge in [0.05, 0.1) is 0 Å². The monoisotopic (exact) mass is 254 g/mol. The molecule has 18 heavy (non-hydrogen) atoms. The first kappa shape index (κ1) is 14.2. The molecule has 0 bridgehead atoms. The molecule has 1 fully saturated rings. The zero-order chi connectivity index (χ0) is 14.1. The van der Waals surface area contributed by atoms with Gasteiger partial charge < -0.3 is 10.4 Å². The van der Waals surface area contributed by atoms with Gasteiger partial charge in [-0.05, 0) is 25.7 Å². The van der Waals surface area contributed by atoms with Crippen molar-refractivity contribution in [3.8, 4) is 0 Å². The van der Waals surface area contributed by atoms with Crippen LogP contribution < -0.4 is 10.6 Å². The maximum absolute atomic E-state index is 11.6. The highest BCUT2D eigenvalue weighted by molar-refractivity contribution is 6.07. The standard InChI is InChI=1S/C12H18N2O4/c1-6(7(2)10(16)17)9(15)14-11(18)13-8-5-12(8,3)4/h8H,5H2,1-4H3,(H,16,17)(H2,13,14,15,18)/b7-6-.